The van der Waals surface area contributed by atoms with E-state index in [0.717, 1.165) is 6.42 Å². The molecule has 11 heavy (non-hydrogen) atoms. The van der Waals surface area contributed by atoms with E-state index in [0.29, 0.717) is 0 Å². The standard InChI is InChI=1S/C9H9NS/c1-2-7-4-3-5-9-8(7)6-10-11-9/h3-6H,2H2,1H3. The van der Waals surface area contributed by atoms with Crippen LogP contribution in [0.15, 0.2) is 24.4 Å². The Kier molecular flexibility index (Phi) is 1.62. The maximum atomic E-state index is 4.15. The zero-order valence-corrected chi connectivity index (χ0v) is 7.19. The van der Waals surface area contributed by atoms with Crippen molar-refractivity contribution in [1.82, 2.24) is 4.37 Å². The highest BCUT2D eigenvalue weighted by Crippen LogP contribution is 2.21. The summed E-state index contributed by atoms with van der Waals surface area (Å²) in [5.41, 5.74) is 1.40. The van der Waals surface area contributed by atoms with Gasteiger partial charge in [-0.15, -0.1) is 0 Å². The number of aryl methyl sites for hydroxylation is 1. The minimum atomic E-state index is 1.09. The lowest BCUT2D eigenvalue weighted by Crippen LogP contribution is -1.77. The average Bonchev–Trinajstić information content (AvgIpc) is 2.50. The Balaban J connectivity index is 2.79. The van der Waals surface area contributed by atoms with E-state index in [1.807, 2.05) is 6.20 Å². The first-order valence-electron chi connectivity index (χ1n) is 3.74. The largest absolute Gasteiger partial charge is 0.200 e. The van der Waals surface area contributed by atoms with Crippen LogP contribution < -0.4 is 0 Å². The van der Waals surface area contributed by atoms with Crippen molar-refractivity contribution in [1.29, 1.82) is 0 Å². The number of aromatic nitrogens is 1. The molecule has 0 atom stereocenters. The molecule has 0 N–H and O–H groups in total. The SMILES string of the molecule is CCc1cccc2sncc12. The molecule has 2 rings (SSSR count). The highest BCUT2D eigenvalue weighted by Gasteiger charge is 1.98. The molecule has 0 aliphatic rings. The van der Waals surface area contributed by atoms with Crippen LogP contribution in [0.25, 0.3) is 10.1 Å². The van der Waals surface area contributed by atoms with Gasteiger partial charge < -0.3 is 0 Å². The summed E-state index contributed by atoms with van der Waals surface area (Å²) < 4.78 is 5.45. The molecule has 1 nitrogen and oxygen atoms in total. The van der Waals surface area contributed by atoms with Crippen LogP contribution in [0.5, 0.6) is 0 Å². The normalized spacial score (nSPS) is 10.6. The monoisotopic (exact) mass is 163 g/mol. The number of fused-ring (bicyclic) bond motifs is 1. The lowest BCUT2D eigenvalue weighted by molar-refractivity contribution is 1.16. The second-order valence-electron chi connectivity index (χ2n) is 2.51. The number of nitrogens with zero attached hydrogens (tertiary/aromatic N) is 1. The molecule has 1 aromatic carbocycles. The fourth-order valence-electron chi connectivity index (χ4n) is 1.26. The fourth-order valence-corrected chi connectivity index (χ4v) is 1.95. The van der Waals surface area contributed by atoms with Crippen LogP contribution >= 0.6 is 11.5 Å². The minimum Gasteiger partial charge on any atom is -0.200 e. The number of hydrogen-bond acceptors (Lipinski definition) is 2. The Morgan fingerprint density at radius 3 is 3.18 bits per heavy atom. The maximum absolute atomic E-state index is 4.15. The average molecular weight is 163 g/mol. The van der Waals surface area contributed by atoms with Gasteiger partial charge in [0.2, 0.25) is 0 Å². The van der Waals surface area contributed by atoms with Gasteiger partial charge in [-0.3, -0.25) is 0 Å². The molecule has 0 spiro atoms. The minimum absolute atomic E-state index is 1.09. The summed E-state index contributed by atoms with van der Waals surface area (Å²) in [7, 11) is 0. The Hall–Kier alpha value is -0.890. The van der Waals surface area contributed by atoms with Gasteiger partial charge in [-0.25, -0.2) is 0 Å². The molecule has 0 unspecified atom stereocenters. The third-order valence-electron chi connectivity index (χ3n) is 1.87. The third kappa shape index (κ3) is 1.03. The van der Waals surface area contributed by atoms with E-state index in [4.69, 9.17) is 0 Å². The summed E-state index contributed by atoms with van der Waals surface area (Å²) >= 11 is 1.57. The van der Waals surface area contributed by atoms with Gasteiger partial charge in [-0.1, -0.05) is 19.1 Å². The van der Waals surface area contributed by atoms with Crippen molar-refractivity contribution < 1.29 is 0 Å². The highest BCUT2D eigenvalue weighted by molar-refractivity contribution is 7.13. The van der Waals surface area contributed by atoms with E-state index in [-0.39, 0.29) is 0 Å². The number of rotatable bonds is 1. The molecule has 0 saturated heterocycles. The summed E-state index contributed by atoms with van der Waals surface area (Å²) in [5.74, 6) is 0. The molecule has 2 aromatic rings. The maximum Gasteiger partial charge on any atom is 0.0552 e. The first-order valence-corrected chi connectivity index (χ1v) is 4.51. The molecule has 0 radical (unpaired) electrons. The molecular weight excluding hydrogens is 154 g/mol. The van der Waals surface area contributed by atoms with Crippen molar-refractivity contribution in [2.24, 2.45) is 0 Å². The van der Waals surface area contributed by atoms with E-state index < -0.39 is 0 Å². The summed E-state index contributed by atoms with van der Waals surface area (Å²) in [5, 5.41) is 1.32. The molecule has 0 aliphatic heterocycles. The number of benzene rings is 1. The van der Waals surface area contributed by atoms with E-state index in [1.54, 1.807) is 11.5 Å². The van der Waals surface area contributed by atoms with Crippen LogP contribution in [0.1, 0.15) is 12.5 Å². The molecule has 1 heterocycles. The van der Waals surface area contributed by atoms with Crippen molar-refractivity contribution in [2.45, 2.75) is 13.3 Å². The molecule has 0 amide bonds. The van der Waals surface area contributed by atoms with Gasteiger partial charge in [-0.2, -0.15) is 4.37 Å². The number of hydrogen-bond donors (Lipinski definition) is 0. The van der Waals surface area contributed by atoms with Crippen molar-refractivity contribution in [2.75, 3.05) is 0 Å². The Morgan fingerprint density at radius 2 is 2.36 bits per heavy atom. The Bertz CT molecular complexity index is 364. The predicted molar refractivity (Wildman–Crippen MR) is 49.0 cm³/mol. The van der Waals surface area contributed by atoms with Crippen LogP contribution in [-0.2, 0) is 6.42 Å². The van der Waals surface area contributed by atoms with Crippen LogP contribution in [-0.4, -0.2) is 4.37 Å². The van der Waals surface area contributed by atoms with E-state index in [9.17, 15) is 0 Å². The molecule has 1 aromatic heterocycles. The smallest absolute Gasteiger partial charge is 0.0552 e. The van der Waals surface area contributed by atoms with Crippen molar-refractivity contribution >= 4 is 21.6 Å². The summed E-state index contributed by atoms with van der Waals surface area (Å²) in [6.07, 6.45) is 3.05. The van der Waals surface area contributed by atoms with E-state index >= 15 is 0 Å². The van der Waals surface area contributed by atoms with Gasteiger partial charge in [0.25, 0.3) is 0 Å². The lowest BCUT2D eigenvalue weighted by Gasteiger charge is -1.95. The van der Waals surface area contributed by atoms with Gasteiger partial charge in [0.15, 0.2) is 0 Å². The van der Waals surface area contributed by atoms with E-state index in [2.05, 4.69) is 29.5 Å². The quantitative estimate of drug-likeness (QED) is 0.630. The van der Waals surface area contributed by atoms with Gasteiger partial charge in [0, 0.05) is 11.6 Å². The lowest BCUT2D eigenvalue weighted by atomic mass is 10.1. The molecule has 0 saturated carbocycles. The molecule has 0 aliphatic carbocycles. The van der Waals surface area contributed by atoms with Crippen molar-refractivity contribution in [3.8, 4) is 0 Å². The van der Waals surface area contributed by atoms with Crippen LogP contribution in [0.3, 0.4) is 0 Å². The topological polar surface area (TPSA) is 12.9 Å². The van der Waals surface area contributed by atoms with Crippen molar-refractivity contribution in [3.63, 3.8) is 0 Å². The Morgan fingerprint density at radius 1 is 1.45 bits per heavy atom. The molecule has 0 fully saturated rings. The zero-order chi connectivity index (χ0) is 7.68. The molecule has 2 heteroatoms. The predicted octanol–water partition coefficient (Wildman–Crippen LogP) is 2.86. The van der Waals surface area contributed by atoms with Gasteiger partial charge in [0.05, 0.1) is 4.70 Å². The van der Waals surface area contributed by atoms with Crippen LogP contribution in [0, 0.1) is 0 Å². The molecule has 0 bridgehead atoms. The van der Waals surface area contributed by atoms with Gasteiger partial charge in [0.1, 0.15) is 0 Å². The molecular formula is C9H9NS. The first-order chi connectivity index (χ1) is 5.42. The summed E-state index contributed by atoms with van der Waals surface area (Å²) in [4.78, 5) is 0. The zero-order valence-electron chi connectivity index (χ0n) is 6.37. The second-order valence-corrected chi connectivity index (χ2v) is 3.34. The Labute approximate surface area is 69.8 Å². The van der Waals surface area contributed by atoms with Crippen LogP contribution in [0.2, 0.25) is 0 Å². The second kappa shape index (κ2) is 2.62. The molecule has 56 valence electrons. The fraction of sp³-hybridized carbons (Fsp3) is 0.222. The highest BCUT2D eigenvalue weighted by atomic mass is 32.1. The van der Waals surface area contributed by atoms with Gasteiger partial charge in [-0.05, 0) is 29.6 Å². The van der Waals surface area contributed by atoms with E-state index in [1.165, 1.54) is 15.6 Å². The van der Waals surface area contributed by atoms with Crippen LogP contribution in [0.4, 0.5) is 0 Å². The summed E-state index contributed by atoms with van der Waals surface area (Å²) in [6.45, 7) is 2.17. The van der Waals surface area contributed by atoms with Crippen molar-refractivity contribution in [3.05, 3.63) is 30.0 Å². The third-order valence-corrected chi connectivity index (χ3v) is 2.63. The van der Waals surface area contributed by atoms with Gasteiger partial charge >= 0.3 is 0 Å². The first kappa shape index (κ1) is 6.80. The summed E-state index contributed by atoms with van der Waals surface area (Å²) in [6, 6.07) is 6.38.